The molecule has 0 saturated carbocycles. The van der Waals surface area contributed by atoms with E-state index in [1.165, 1.54) is 26.2 Å². The van der Waals surface area contributed by atoms with E-state index in [4.69, 9.17) is 29.3 Å². The Bertz CT molecular complexity index is 576. The predicted octanol–water partition coefficient (Wildman–Crippen LogP) is 2.04. The lowest BCUT2D eigenvalue weighted by atomic mass is 10.3. The Labute approximate surface area is 166 Å². The van der Waals surface area contributed by atoms with Gasteiger partial charge in [0.2, 0.25) is 0 Å². The molecule has 0 bridgehead atoms. The first-order chi connectivity index (χ1) is 13.4. The first kappa shape index (κ1) is 23.7. The molecule has 2 N–H and O–H groups in total. The number of carboxylic acids is 2. The van der Waals surface area contributed by atoms with Gasteiger partial charge in [-0.05, 0) is 32.0 Å². The van der Waals surface area contributed by atoms with Crippen LogP contribution in [0.1, 0.15) is 26.2 Å². The van der Waals surface area contributed by atoms with Crippen LogP contribution in [0.25, 0.3) is 0 Å². The van der Waals surface area contributed by atoms with E-state index in [0.29, 0.717) is 0 Å². The average Bonchev–Trinajstić information content (AvgIpc) is 2.68. The lowest BCUT2D eigenvalue weighted by molar-refractivity contribution is -0.159. The smallest absolute Gasteiger partial charge is 0.414 e. The highest BCUT2D eigenvalue weighted by Crippen LogP contribution is 2.26. The first-order valence-electron chi connectivity index (χ1n) is 9.65. The van der Waals surface area contributed by atoms with Gasteiger partial charge in [0.1, 0.15) is 0 Å². The van der Waals surface area contributed by atoms with Gasteiger partial charge in [0.25, 0.3) is 0 Å². The van der Waals surface area contributed by atoms with E-state index in [1.807, 2.05) is 24.3 Å². The molecule has 0 atom stereocenters. The minimum Gasteiger partial charge on any atom is -0.490 e. The summed E-state index contributed by atoms with van der Waals surface area (Å²) in [5.41, 5.74) is 0. The molecule has 8 nitrogen and oxygen atoms in total. The summed E-state index contributed by atoms with van der Waals surface area (Å²) in [7, 11) is 2.19. The standard InChI is InChI=1S/C18H30N2O2.C2H2O4/c1-3-4-15-21-17-8-5-6-9-18(17)22-16-7-10-20-13-11-19(2)12-14-20;3-1(4)2(5)6/h5-6,8-9H,3-4,7,10-16H2,1-2H3;(H,3,4)(H,5,6). The van der Waals surface area contributed by atoms with Gasteiger partial charge in [0.05, 0.1) is 13.2 Å². The maximum atomic E-state index is 9.10. The Morgan fingerprint density at radius 2 is 1.43 bits per heavy atom. The molecule has 0 radical (unpaired) electrons. The number of carbonyl (C=O) groups is 2. The summed E-state index contributed by atoms with van der Waals surface area (Å²) in [6, 6.07) is 7.99. The van der Waals surface area contributed by atoms with Gasteiger partial charge in [0.15, 0.2) is 11.5 Å². The number of rotatable bonds is 9. The van der Waals surface area contributed by atoms with Crippen LogP contribution in [0.2, 0.25) is 0 Å². The maximum Gasteiger partial charge on any atom is 0.414 e. The number of aliphatic carboxylic acids is 2. The third kappa shape index (κ3) is 10.1. The van der Waals surface area contributed by atoms with Crippen LogP contribution in [0, 0.1) is 0 Å². The quantitative estimate of drug-likeness (QED) is 0.483. The van der Waals surface area contributed by atoms with Crippen molar-refractivity contribution >= 4 is 11.9 Å². The van der Waals surface area contributed by atoms with Gasteiger partial charge in [0, 0.05) is 32.7 Å². The van der Waals surface area contributed by atoms with E-state index >= 15 is 0 Å². The second-order valence-corrected chi connectivity index (χ2v) is 6.61. The molecular formula is C20H32N2O6. The van der Waals surface area contributed by atoms with Gasteiger partial charge in [-0.15, -0.1) is 0 Å². The largest absolute Gasteiger partial charge is 0.490 e. The molecule has 1 heterocycles. The molecule has 1 saturated heterocycles. The van der Waals surface area contributed by atoms with Gasteiger partial charge in [-0.3, -0.25) is 0 Å². The number of likely N-dealkylation sites (N-methyl/N-ethyl adjacent to an activating group) is 1. The van der Waals surface area contributed by atoms with Gasteiger partial charge in [-0.2, -0.15) is 0 Å². The van der Waals surface area contributed by atoms with Crippen molar-refractivity contribution in [2.24, 2.45) is 0 Å². The minimum absolute atomic E-state index is 0.750. The Balaban J connectivity index is 0.000000568. The average molecular weight is 396 g/mol. The Morgan fingerprint density at radius 3 is 1.89 bits per heavy atom. The van der Waals surface area contributed by atoms with E-state index in [-0.39, 0.29) is 0 Å². The number of piperazine rings is 1. The summed E-state index contributed by atoms with van der Waals surface area (Å²) in [6.07, 6.45) is 3.29. The zero-order chi connectivity index (χ0) is 20.8. The highest BCUT2D eigenvalue weighted by molar-refractivity contribution is 6.27. The second kappa shape index (κ2) is 13.8. The number of para-hydroxylation sites is 2. The molecular weight excluding hydrogens is 364 g/mol. The van der Waals surface area contributed by atoms with Crippen LogP contribution in [0.3, 0.4) is 0 Å². The van der Waals surface area contributed by atoms with Gasteiger partial charge in [-0.1, -0.05) is 25.5 Å². The van der Waals surface area contributed by atoms with Crippen LogP contribution in [0.4, 0.5) is 0 Å². The third-order valence-electron chi connectivity index (χ3n) is 4.26. The van der Waals surface area contributed by atoms with E-state index in [1.54, 1.807) is 0 Å². The van der Waals surface area contributed by atoms with Crippen LogP contribution in [0.5, 0.6) is 11.5 Å². The summed E-state index contributed by atoms with van der Waals surface area (Å²) in [5, 5.41) is 14.8. The molecule has 1 aromatic rings. The molecule has 8 heteroatoms. The van der Waals surface area contributed by atoms with Crippen LogP contribution >= 0.6 is 0 Å². The molecule has 0 amide bonds. The zero-order valence-electron chi connectivity index (χ0n) is 16.8. The fourth-order valence-electron chi connectivity index (χ4n) is 2.56. The molecule has 0 spiro atoms. The number of hydrogen-bond donors (Lipinski definition) is 2. The van der Waals surface area contributed by atoms with Crippen molar-refractivity contribution in [3.63, 3.8) is 0 Å². The highest BCUT2D eigenvalue weighted by atomic mass is 16.5. The maximum absolute atomic E-state index is 9.10. The first-order valence-corrected chi connectivity index (χ1v) is 9.65. The molecule has 1 aromatic carbocycles. The number of hydrogen-bond acceptors (Lipinski definition) is 6. The molecule has 0 aromatic heterocycles. The Kier molecular flexibility index (Phi) is 11.7. The fraction of sp³-hybridized carbons (Fsp3) is 0.600. The molecule has 28 heavy (non-hydrogen) atoms. The van der Waals surface area contributed by atoms with Crippen LogP contribution in [0.15, 0.2) is 24.3 Å². The Morgan fingerprint density at radius 1 is 0.929 bits per heavy atom. The van der Waals surface area contributed by atoms with Crippen molar-refractivity contribution in [3.8, 4) is 11.5 Å². The van der Waals surface area contributed by atoms with E-state index in [2.05, 4.69) is 23.8 Å². The van der Waals surface area contributed by atoms with Crippen molar-refractivity contribution in [1.29, 1.82) is 0 Å². The molecule has 0 unspecified atom stereocenters. The zero-order valence-corrected chi connectivity index (χ0v) is 16.8. The predicted molar refractivity (Wildman–Crippen MR) is 106 cm³/mol. The van der Waals surface area contributed by atoms with Gasteiger partial charge in [-0.25, -0.2) is 9.59 Å². The Hall–Kier alpha value is -2.32. The number of carboxylic acid groups (broad SMARTS) is 2. The molecule has 0 aliphatic carbocycles. The molecule has 1 aliphatic rings. The highest BCUT2D eigenvalue weighted by Gasteiger charge is 2.13. The van der Waals surface area contributed by atoms with Crippen molar-refractivity contribution in [3.05, 3.63) is 24.3 Å². The van der Waals surface area contributed by atoms with Crippen molar-refractivity contribution < 1.29 is 29.3 Å². The normalized spacial score (nSPS) is 14.6. The fourth-order valence-corrected chi connectivity index (χ4v) is 2.56. The molecule has 2 rings (SSSR count). The summed E-state index contributed by atoms with van der Waals surface area (Å²) in [5.74, 6) is -1.91. The van der Waals surface area contributed by atoms with E-state index < -0.39 is 11.9 Å². The number of benzene rings is 1. The minimum atomic E-state index is -1.82. The summed E-state index contributed by atoms with van der Waals surface area (Å²) in [4.78, 5) is 23.1. The van der Waals surface area contributed by atoms with Crippen LogP contribution in [-0.2, 0) is 9.59 Å². The number of unbranched alkanes of at least 4 members (excludes halogenated alkanes) is 1. The number of nitrogens with zero attached hydrogens (tertiary/aromatic N) is 2. The summed E-state index contributed by atoms with van der Waals surface area (Å²) < 4.78 is 11.7. The van der Waals surface area contributed by atoms with Crippen molar-refractivity contribution in [1.82, 2.24) is 9.80 Å². The summed E-state index contributed by atoms with van der Waals surface area (Å²) >= 11 is 0. The van der Waals surface area contributed by atoms with Crippen LogP contribution < -0.4 is 9.47 Å². The monoisotopic (exact) mass is 396 g/mol. The summed E-state index contributed by atoms with van der Waals surface area (Å²) in [6.45, 7) is 9.50. The molecule has 1 aliphatic heterocycles. The van der Waals surface area contributed by atoms with Crippen molar-refractivity contribution in [2.45, 2.75) is 26.2 Å². The lowest BCUT2D eigenvalue weighted by Crippen LogP contribution is -2.44. The van der Waals surface area contributed by atoms with Gasteiger partial charge >= 0.3 is 11.9 Å². The van der Waals surface area contributed by atoms with Crippen LogP contribution in [-0.4, -0.2) is 84.9 Å². The molecule has 1 fully saturated rings. The SMILES string of the molecule is CCCCOc1ccccc1OCCCN1CCN(C)CC1.O=C(O)C(=O)O. The van der Waals surface area contributed by atoms with Crippen molar-refractivity contribution in [2.75, 3.05) is 53.0 Å². The molecule has 158 valence electrons. The van der Waals surface area contributed by atoms with E-state index in [9.17, 15) is 0 Å². The van der Waals surface area contributed by atoms with E-state index in [0.717, 1.165) is 50.5 Å². The lowest BCUT2D eigenvalue weighted by Gasteiger charge is -2.32. The second-order valence-electron chi connectivity index (χ2n) is 6.61. The third-order valence-corrected chi connectivity index (χ3v) is 4.26. The topological polar surface area (TPSA) is 99.5 Å². The number of ether oxygens (including phenoxy) is 2. The van der Waals surface area contributed by atoms with Gasteiger partial charge < -0.3 is 29.5 Å².